The number of hydrogen-bond donors (Lipinski definition) is 11. The zero-order valence-corrected chi connectivity index (χ0v) is 40.0. The summed E-state index contributed by atoms with van der Waals surface area (Å²) < 4.78 is 35.9. The molecule has 0 aromatic carbocycles. The highest BCUT2D eigenvalue weighted by Crippen LogP contribution is 2.74. The van der Waals surface area contributed by atoms with E-state index in [2.05, 4.69) is 47.6 Å². The van der Waals surface area contributed by atoms with E-state index >= 15 is 0 Å². The first-order valence-electron chi connectivity index (χ1n) is 24.2. The summed E-state index contributed by atoms with van der Waals surface area (Å²) in [6.45, 7) is 16.8. The summed E-state index contributed by atoms with van der Waals surface area (Å²) in [4.78, 5) is 14.9. The number of fused-ring (bicyclic) bond motifs is 5. The highest BCUT2D eigenvalue weighted by molar-refractivity contribution is 5.88. The van der Waals surface area contributed by atoms with Gasteiger partial charge in [0.25, 0.3) is 0 Å². The third-order valence-corrected chi connectivity index (χ3v) is 18.4. The second-order valence-corrected chi connectivity index (χ2v) is 22.8. The number of hydrogen-bond acceptors (Lipinski definition) is 18. The Labute approximate surface area is 388 Å². The van der Waals surface area contributed by atoms with Gasteiger partial charge in [-0.2, -0.15) is 0 Å². The smallest absolute Gasteiger partial charge is 0.187 e. The van der Waals surface area contributed by atoms with Gasteiger partial charge in [-0.25, -0.2) is 0 Å². The van der Waals surface area contributed by atoms with E-state index < -0.39 is 134 Å². The third-order valence-electron chi connectivity index (χ3n) is 18.4. The Kier molecular flexibility index (Phi) is 15.2. The number of ketones is 1. The fourth-order valence-electron chi connectivity index (χ4n) is 13.7. The molecule has 380 valence electrons. The number of carbonyl (C=O) groups excluding carboxylic acids is 1. The minimum atomic E-state index is -1.87. The Bertz CT molecular complexity index is 1740. The molecule has 0 spiro atoms. The molecule has 3 heterocycles. The Hall–Kier alpha value is -1.27. The van der Waals surface area contributed by atoms with Gasteiger partial charge in [-0.05, 0) is 100 Å². The fourth-order valence-corrected chi connectivity index (χ4v) is 13.7. The van der Waals surface area contributed by atoms with Crippen LogP contribution in [0.2, 0.25) is 0 Å². The van der Waals surface area contributed by atoms with Crippen molar-refractivity contribution < 1.29 is 89.4 Å². The van der Waals surface area contributed by atoms with E-state index in [0.29, 0.717) is 31.6 Å². The first-order chi connectivity index (χ1) is 30.6. The van der Waals surface area contributed by atoms with Gasteiger partial charge in [-0.15, -0.1) is 0 Å². The van der Waals surface area contributed by atoms with Crippen molar-refractivity contribution in [2.75, 3.05) is 13.2 Å². The molecule has 3 aliphatic heterocycles. The summed E-state index contributed by atoms with van der Waals surface area (Å²) in [5, 5.41) is 117. The maximum Gasteiger partial charge on any atom is 0.187 e. The van der Waals surface area contributed by atoms with E-state index in [1.165, 1.54) is 0 Å². The van der Waals surface area contributed by atoms with E-state index in [0.717, 1.165) is 31.3 Å². The van der Waals surface area contributed by atoms with Crippen molar-refractivity contribution in [1.82, 2.24) is 0 Å². The molecular weight excluding hydrogens is 865 g/mol. The molecule has 7 rings (SSSR count). The van der Waals surface area contributed by atoms with Crippen LogP contribution in [0.3, 0.4) is 0 Å². The molecule has 66 heavy (non-hydrogen) atoms. The first-order valence-corrected chi connectivity index (χ1v) is 24.2. The zero-order valence-electron chi connectivity index (χ0n) is 40.0. The van der Waals surface area contributed by atoms with E-state index in [1.54, 1.807) is 20.8 Å². The average molecular weight is 945 g/mol. The number of Topliss-reactive ketones (excluding diaryl/α,β-unsaturated/α-hetero) is 1. The number of aliphatic hydroxyl groups is 11. The topological polar surface area (TPSA) is 295 Å². The Morgan fingerprint density at radius 3 is 2.02 bits per heavy atom. The van der Waals surface area contributed by atoms with Crippen LogP contribution in [-0.2, 0) is 33.2 Å². The van der Waals surface area contributed by atoms with Gasteiger partial charge in [0, 0.05) is 17.3 Å². The second-order valence-electron chi connectivity index (χ2n) is 22.8. The second kappa shape index (κ2) is 19.1. The highest BCUT2D eigenvalue weighted by atomic mass is 16.8. The lowest BCUT2D eigenvalue weighted by Gasteiger charge is -2.65. The summed E-state index contributed by atoms with van der Waals surface area (Å²) in [5.41, 5.74) is -1.67. The third kappa shape index (κ3) is 8.81. The van der Waals surface area contributed by atoms with Gasteiger partial charge in [0.2, 0.25) is 0 Å². The first kappa shape index (κ1) is 52.6. The molecule has 24 atom stereocenters. The van der Waals surface area contributed by atoms with Crippen LogP contribution in [0.5, 0.6) is 0 Å². The summed E-state index contributed by atoms with van der Waals surface area (Å²) in [7, 11) is 0. The predicted octanol–water partition coefficient (Wildman–Crippen LogP) is 0.180. The quantitative estimate of drug-likeness (QED) is 0.110. The molecule has 0 radical (unpaired) electrons. The summed E-state index contributed by atoms with van der Waals surface area (Å²) in [5.74, 6) is 0.886. The van der Waals surface area contributed by atoms with Gasteiger partial charge in [-0.3, -0.25) is 4.79 Å². The molecule has 4 aliphatic carbocycles. The standard InChI is InChI=1S/C48H80O18/c1-21(10-14-29(50)45(5,6)60)23-16-17-46(7)28-13-11-24-25(48(28,9)30(51)18-47(23,46)8)12-15-31(44(24,3)4)65-43-40(37(57)32(52)22(2)62-43)66-42-39(59)36(56)34(54)27(64-42)20-61-41-38(58)35(55)33(53)26(19-49)63-41/h11,21-23,25-29,31-43,49-50,52-60H,10,12-20H2,1-9H3/t21-,22+,23-,25-,26-,27-,28+,29+,31+,32+,33-,34-,35+,36+,37-,38-,39-,40-,41-,42+,43-,46+,47-,48+/m1/s1. The highest BCUT2D eigenvalue weighted by Gasteiger charge is 2.70. The summed E-state index contributed by atoms with van der Waals surface area (Å²) >= 11 is 0. The van der Waals surface area contributed by atoms with E-state index in [1.807, 2.05) is 0 Å². The average Bonchev–Trinajstić information content (AvgIpc) is 3.52. The monoisotopic (exact) mass is 945 g/mol. The van der Waals surface area contributed by atoms with Crippen LogP contribution in [-0.4, -0.2) is 185 Å². The number of aliphatic hydroxyl groups excluding tert-OH is 10. The van der Waals surface area contributed by atoms with Crippen molar-refractivity contribution in [3.8, 4) is 0 Å². The Morgan fingerprint density at radius 2 is 1.38 bits per heavy atom. The lowest BCUT2D eigenvalue weighted by atomic mass is 9.38. The van der Waals surface area contributed by atoms with Gasteiger partial charge in [0.1, 0.15) is 72.9 Å². The molecule has 7 aliphatic rings. The van der Waals surface area contributed by atoms with Gasteiger partial charge >= 0.3 is 0 Å². The normalized spacial score (nSPS) is 50.5. The summed E-state index contributed by atoms with van der Waals surface area (Å²) in [6.07, 6.45) is -16.9. The lowest BCUT2D eigenvalue weighted by Crippen LogP contribution is -2.65. The minimum absolute atomic E-state index is 0.0510. The van der Waals surface area contributed by atoms with Crippen LogP contribution in [0.25, 0.3) is 0 Å². The Morgan fingerprint density at radius 1 is 0.758 bits per heavy atom. The van der Waals surface area contributed by atoms with Gasteiger partial charge in [0.05, 0.1) is 37.1 Å². The lowest BCUT2D eigenvalue weighted by molar-refractivity contribution is -0.376. The zero-order chi connectivity index (χ0) is 48.8. The molecule has 0 unspecified atom stereocenters. The molecule has 0 aromatic heterocycles. The summed E-state index contributed by atoms with van der Waals surface area (Å²) in [6, 6.07) is 0. The number of allylic oxidation sites excluding steroid dienone is 1. The van der Waals surface area contributed by atoms with Crippen molar-refractivity contribution >= 4 is 5.78 Å². The van der Waals surface area contributed by atoms with Gasteiger partial charge in [0.15, 0.2) is 18.9 Å². The van der Waals surface area contributed by atoms with Crippen LogP contribution >= 0.6 is 0 Å². The molecule has 3 saturated heterocycles. The number of carbonyl (C=O) groups is 1. The van der Waals surface area contributed by atoms with Crippen molar-refractivity contribution in [1.29, 1.82) is 0 Å². The molecule has 3 saturated carbocycles. The van der Waals surface area contributed by atoms with E-state index in [4.69, 9.17) is 28.4 Å². The number of ether oxygens (including phenoxy) is 6. The van der Waals surface area contributed by atoms with Crippen LogP contribution in [0.1, 0.15) is 114 Å². The van der Waals surface area contributed by atoms with Crippen LogP contribution in [0.15, 0.2) is 11.6 Å². The maximum atomic E-state index is 14.9. The van der Waals surface area contributed by atoms with E-state index in [-0.39, 0.29) is 34.4 Å². The van der Waals surface area contributed by atoms with E-state index in [9.17, 15) is 61.0 Å². The van der Waals surface area contributed by atoms with Crippen LogP contribution in [0.4, 0.5) is 0 Å². The molecule has 18 heteroatoms. The van der Waals surface area contributed by atoms with Gasteiger partial charge in [-0.1, -0.05) is 53.2 Å². The molecule has 0 aromatic rings. The Balaban J connectivity index is 1.06. The van der Waals surface area contributed by atoms with Crippen LogP contribution in [0, 0.1) is 45.3 Å². The van der Waals surface area contributed by atoms with Crippen molar-refractivity contribution in [2.45, 2.75) is 224 Å². The van der Waals surface area contributed by atoms with Crippen LogP contribution < -0.4 is 0 Å². The van der Waals surface area contributed by atoms with Crippen molar-refractivity contribution in [3.63, 3.8) is 0 Å². The molecule has 18 nitrogen and oxygen atoms in total. The SMILES string of the molecule is C[C@H](CC[C@H](O)C(C)(C)O)[C@H]1CC[C@@]2(C)[C@@H]3CC=C4[C@@H](CC[C@H](O[C@H]5O[C@@H](C)[C@H](O)[C@@H](O)[C@H]5O[C@@H]5O[C@H](CO[C@@H]6O[C@H](CO)[C@@H](O)[C@H](O)[C@H]6O)[C@@H](O)[C@H](O)[C@H]5O)C4(C)C)[C@]3(C)C(=O)C[C@]12C. The molecule has 0 amide bonds. The van der Waals surface area contributed by atoms with Crippen molar-refractivity contribution in [3.05, 3.63) is 11.6 Å². The molecule has 6 fully saturated rings. The van der Waals surface area contributed by atoms with Gasteiger partial charge < -0.3 is 84.6 Å². The molecule has 11 N–H and O–H groups in total. The molecular formula is C48H80O18. The predicted molar refractivity (Wildman–Crippen MR) is 233 cm³/mol. The van der Waals surface area contributed by atoms with Crippen molar-refractivity contribution in [2.24, 2.45) is 45.3 Å². The minimum Gasteiger partial charge on any atom is -0.394 e. The fraction of sp³-hybridized carbons (Fsp3) is 0.938. The number of rotatable bonds is 13. The maximum absolute atomic E-state index is 14.9. The molecule has 0 bridgehead atoms. The largest absolute Gasteiger partial charge is 0.394 e.